The summed E-state index contributed by atoms with van der Waals surface area (Å²) in [5.41, 5.74) is 2.32. The van der Waals surface area contributed by atoms with Crippen LogP contribution in [0.4, 0.5) is 0 Å². The minimum Gasteiger partial charge on any atom is -0.497 e. The van der Waals surface area contributed by atoms with Crippen LogP contribution in [0.15, 0.2) is 48.5 Å². The third-order valence-corrected chi connectivity index (χ3v) is 5.85. The summed E-state index contributed by atoms with van der Waals surface area (Å²) in [7, 11) is 1.68. The maximum Gasteiger partial charge on any atom is 0.261 e. The van der Waals surface area contributed by atoms with E-state index in [1.165, 1.54) is 23.3 Å². The monoisotopic (exact) mass is 378 g/mol. The van der Waals surface area contributed by atoms with Crippen molar-refractivity contribution in [2.24, 2.45) is 0 Å². The van der Waals surface area contributed by atoms with Crippen LogP contribution >= 0.6 is 0 Å². The van der Waals surface area contributed by atoms with Crippen LogP contribution in [-0.4, -0.2) is 48.4 Å². The second-order valence-corrected chi connectivity index (χ2v) is 7.48. The largest absolute Gasteiger partial charge is 0.497 e. The molecule has 1 saturated heterocycles. The van der Waals surface area contributed by atoms with Gasteiger partial charge in [-0.3, -0.25) is 19.4 Å². The molecular weight excluding hydrogens is 352 g/mol. The Morgan fingerprint density at radius 2 is 1.57 bits per heavy atom. The van der Waals surface area contributed by atoms with E-state index in [0.717, 1.165) is 25.1 Å². The zero-order valence-electron chi connectivity index (χ0n) is 16.3. The van der Waals surface area contributed by atoms with Gasteiger partial charge in [-0.25, -0.2) is 0 Å². The minimum atomic E-state index is -0.170. The van der Waals surface area contributed by atoms with E-state index < -0.39 is 0 Å². The number of benzene rings is 2. The molecule has 2 aliphatic rings. The van der Waals surface area contributed by atoms with E-state index in [9.17, 15) is 9.59 Å². The van der Waals surface area contributed by atoms with Crippen molar-refractivity contribution in [3.63, 3.8) is 0 Å². The van der Waals surface area contributed by atoms with Crippen molar-refractivity contribution in [2.45, 2.75) is 31.7 Å². The summed E-state index contributed by atoms with van der Waals surface area (Å²) in [5.74, 6) is 0.516. The van der Waals surface area contributed by atoms with Crippen LogP contribution in [0, 0.1) is 0 Å². The Bertz CT molecular complexity index is 827. The highest BCUT2D eigenvalue weighted by molar-refractivity contribution is 6.21. The summed E-state index contributed by atoms with van der Waals surface area (Å²) in [6, 6.07) is 15.7. The van der Waals surface area contributed by atoms with Gasteiger partial charge in [-0.2, -0.15) is 0 Å². The third-order valence-electron chi connectivity index (χ3n) is 5.85. The zero-order valence-corrected chi connectivity index (χ0v) is 16.3. The first-order valence-electron chi connectivity index (χ1n) is 10.0. The highest BCUT2D eigenvalue weighted by atomic mass is 16.5. The van der Waals surface area contributed by atoms with Crippen molar-refractivity contribution in [3.8, 4) is 5.75 Å². The minimum absolute atomic E-state index is 0.170. The average Bonchev–Trinajstić information content (AvgIpc) is 2.89. The third kappa shape index (κ3) is 3.54. The fourth-order valence-electron chi connectivity index (χ4n) is 4.31. The molecular formula is C23H26N2O3. The number of carbonyl (C=O) groups excluding carboxylic acids is 2. The molecule has 0 radical (unpaired) electrons. The average molecular weight is 378 g/mol. The number of ether oxygens (including phenoxy) is 1. The molecule has 2 amide bonds. The number of imide groups is 1. The number of fused-ring (bicyclic) bond motifs is 1. The van der Waals surface area contributed by atoms with E-state index in [-0.39, 0.29) is 11.8 Å². The first kappa shape index (κ1) is 18.7. The van der Waals surface area contributed by atoms with Crippen LogP contribution in [0.25, 0.3) is 0 Å². The van der Waals surface area contributed by atoms with Gasteiger partial charge in [-0.05, 0) is 49.2 Å². The van der Waals surface area contributed by atoms with E-state index in [1.807, 2.05) is 24.3 Å². The lowest BCUT2D eigenvalue weighted by Gasteiger charge is -2.31. The molecule has 2 aliphatic heterocycles. The van der Waals surface area contributed by atoms with Gasteiger partial charge in [-0.15, -0.1) is 0 Å². The van der Waals surface area contributed by atoms with E-state index in [0.29, 0.717) is 30.3 Å². The van der Waals surface area contributed by atoms with Gasteiger partial charge in [-0.1, -0.05) is 37.1 Å². The number of carbonyl (C=O) groups is 2. The Balaban J connectivity index is 1.49. The van der Waals surface area contributed by atoms with E-state index in [1.54, 1.807) is 19.2 Å². The van der Waals surface area contributed by atoms with Gasteiger partial charge in [0.15, 0.2) is 0 Å². The van der Waals surface area contributed by atoms with E-state index >= 15 is 0 Å². The summed E-state index contributed by atoms with van der Waals surface area (Å²) in [5, 5.41) is 0. The van der Waals surface area contributed by atoms with Crippen LogP contribution in [0.2, 0.25) is 0 Å². The van der Waals surface area contributed by atoms with Crippen LogP contribution in [0.1, 0.15) is 58.0 Å². The molecule has 0 bridgehead atoms. The van der Waals surface area contributed by atoms with Crippen LogP contribution in [0.3, 0.4) is 0 Å². The molecule has 4 rings (SSSR count). The van der Waals surface area contributed by atoms with E-state index in [4.69, 9.17) is 4.74 Å². The van der Waals surface area contributed by atoms with Gasteiger partial charge < -0.3 is 4.74 Å². The smallest absolute Gasteiger partial charge is 0.261 e. The topological polar surface area (TPSA) is 49.9 Å². The summed E-state index contributed by atoms with van der Waals surface area (Å²) in [6.45, 7) is 2.11. The van der Waals surface area contributed by atoms with Crippen molar-refractivity contribution >= 4 is 11.8 Å². The van der Waals surface area contributed by atoms with Crippen molar-refractivity contribution in [1.82, 2.24) is 9.80 Å². The molecule has 2 aromatic rings. The number of hydrogen-bond donors (Lipinski definition) is 0. The summed E-state index contributed by atoms with van der Waals surface area (Å²) in [6.07, 6.45) is 4.65. The summed E-state index contributed by atoms with van der Waals surface area (Å²) < 4.78 is 5.28. The molecule has 0 saturated carbocycles. The highest BCUT2D eigenvalue weighted by Gasteiger charge is 2.35. The Morgan fingerprint density at radius 3 is 2.21 bits per heavy atom. The predicted molar refractivity (Wildman–Crippen MR) is 108 cm³/mol. The maximum absolute atomic E-state index is 12.6. The number of likely N-dealkylation sites (tertiary alicyclic amines) is 1. The van der Waals surface area contributed by atoms with Gasteiger partial charge in [0.2, 0.25) is 0 Å². The molecule has 1 fully saturated rings. The van der Waals surface area contributed by atoms with Gasteiger partial charge >= 0.3 is 0 Å². The number of amides is 2. The molecule has 0 spiro atoms. The molecule has 146 valence electrons. The highest BCUT2D eigenvalue weighted by Crippen LogP contribution is 2.31. The molecule has 0 unspecified atom stereocenters. The Hall–Kier alpha value is -2.66. The van der Waals surface area contributed by atoms with Crippen molar-refractivity contribution in [3.05, 3.63) is 65.2 Å². The fraction of sp³-hybridized carbons (Fsp3) is 0.391. The van der Waals surface area contributed by atoms with E-state index in [2.05, 4.69) is 17.0 Å². The molecule has 2 heterocycles. The molecule has 28 heavy (non-hydrogen) atoms. The van der Waals surface area contributed by atoms with Crippen molar-refractivity contribution in [1.29, 1.82) is 0 Å². The molecule has 2 aromatic carbocycles. The number of hydrogen-bond acceptors (Lipinski definition) is 4. The van der Waals surface area contributed by atoms with Gasteiger partial charge in [0.25, 0.3) is 11.8 Å². The molecule has 0 aromatic heterocycles. The van der Waals surface area contributed by atoms with Crippen LogP contribution in [0.5, 0.6) is 5.75 Å². The quantitative estimate of drug-likeness (QED) is 0.740. The molecule has 5 heteroatoms. The van der Waals surface area contributed by atoms with Gasteiger partial charge in [0, 0.05) is 19.1 Å². The fourth-order valence-corrected chi connectivity index (χ4v) is 4.31. The van der Waals surface area contributed by atoms with Crippen LogP contribution < -0.4 is 4.74 Å². The lowest BCUT2D eigenvalue weighted by atomic mass is 10.0. The van der Waals surface area contributed by atoms with Gasteiger partial charge in [0.1, 0.15) is 5.75 Å². The normalized spacial score (nSPS) is 20.2. The number of nitrogens with zero attached hydrogens (tertiary/aromatic N) is 2. The molecule has 0 N–H and O–H groups in total. The Kier molecular flexibility index (Phi) is 5.44. The Morgan fingerprint density at radius 1 is 0.893 bits per heavy atom. The zero-order chi connectivity index (χ0) is 19.5. The molecule has 5 nitrogen and oxygen atoms in total. The molecule has 0 aliphatic carbocycles. The first-order valence-corrected chi connectivity index (χ1v) is 10.0. The lowest BCUT2D eigenvalue weighted by molar-refractivity contribution is 0.0624. The summed E-state index contributed by atoms with van der Waals surface area (Å²) >= 11 is 0. The Labute approximate surface area is 165 Å². The van der Waals surface area contributed by atoms with Crippen LogP contribution in [-0.2, 0) is 0 Å². The first-order chi connectivity index (χ1) is 13.7. The lowest BCUT2D eigenvalue weighted by Crippen LogP contribution is -2.39. The van der Waals surface area contributed by atoms with Crippen molar-refractivity contribution < 1.29 is 14.3 Å². The van der Waals surface area contributed by atoms with Gasteiger partial charge in [0.05, 0.1) is 18.2 Å². The second kappa shape index (κ2) is 8.15. The SMILES string of the molecule is COc1ccc([C@@H]2CCCCCN2CCN2C(=O)c3ccccc3C2=O)cc1. The number of methoxy groups -OCH3 is 1. The summed E-state index contributed by atoms with van der Waals surface area (Å²) in [4.78, 5) is 29.1. The van der Waals surface area contributed by atoms with Crippen molar-refractivity contribution in [2.75, 3.05) is 26.7 Å². The standard InChI is InChI=1S/C23H26N2O3/c1-28-18-12-10-17(11-13-18)21-9-3-2-6-14-24(21)15-16-25-22(26)19-7-4-5-8-20(19)23(25)27/h4-5,7-8,10-13,21H,2-3,6,9,14-16H2,1H3/t21-/m0/s1. The maximum atomic E-state index is 12.6. The molecule has 1 atom stereocenters. The number of rotatable bonds is 5. The predicted octanol–water partition coefficient (Wildman–Crippen LogP) is 3.91. The second-order valence-electron chi connectivity index (χ2n) is 7.48.